The van der Waals surface area contributed by atoms with Crippen LogP contribution in [0.3, 0.4) is 0 Å². The van der Waals surface area contributed by atoms with Gasteiger partial charge in [0.25, 0.3) is 0 Å². The van der Waals surface area contributed by atoms with Crippen LogP contribution in [0.25, 0.3) is 0 Å². The molecule has 1 amide bonds. The fourth-order valence-corrected chi connectivity index (χ4v) is 3.11. The largest absolute Gasteiger partial charge is 0.495 e. The predicted octanol–water partition coefficient (Wildman–Crippen LogP) is 4.60. The molecule has 5 nitrogen and oxygen atoms in total. The van der Waals surface area contributed by atoms with Gasteiger partial charge in [0, 0.05) is 23.8 Å². The number of rotatable bonds is 4. The van der Waals surface area contributed by atoms with Gasteiger partial charge in [0.1, 0.15) is 11.4 Å². The smallest absolute Gasteiger partial charge is 0.407 e. The first-order valence-electron chi connectivity index (χ1n) is 8.36. The van der Waals surface area contributed by atoms with Gasteiger partial charge in [-0.15, -0.1) is 0 Å². The summed E-state index contributed by atoms with van der Waals surface area (Å²) >= 11 is 6.06. The van der Waals surface area contributed by atoms with Gasteiger partial charge >= 0.3 is 6.09 Å². The van der Waals surface area contributed by atoms with Gasteiger partial charge in [0.15, 0.2) is 0 Å². The molecule has 1 aliphatic carbocycles. The van der Waals surface area contributed by atoms with E-state index >= 15 is 0 Å². The third-order valence-electron chi connectivity index (χ3n) is 3.92. The molecular formula is C18H27ClN2O3. The van der Waals surface area contributed by atoms with Gasteiger partial charge in [-0.05, 0) is 58.6 Å². The molecule has 0 spiro atoms. The molecule has 134 valence electrons. The number of alkyl carbamates (subject to hydrolysis) is 1. The Morgan fingerprint density at radius 1 is 1.25 bits per heavy atom. The third-order valence-corrected chi connectivity index (χ3v) is 4.23. The van der Waals surface area contributed by atoms with E-state index in [4.69, 9.17) is 21.1 Å². The fourth-order valence-electron chi connectivity index (χ4n) is 2.91. The molecule has 0 saturated heterocycles. The first-order valence-corrected chi connectivity index (χ1v) is 8.74. The first kappa shape index (κ1) is 18.7. The molecule has 2 N–H and O–H groups in total. The summed E-state index contributed by atoms with van der Waals surface area (Å²) in [5, 5.41) is 7.07. The molecule has 1 fully saturated rings. The van der Waals surface area contributed by atoms with Gasteiger partial charge in [-0.3, -0.25) is 0 Å². The average Bonchev–Trinajstić information content (AvgIpc) is 2.47. The molecule has 2 atom stereocenters. The number of nitrogens with one attached hydrogen (secondary N) is 2. The normalized spacial score (nSPS) is 21.0. The van der Waals surface area contributed by atoms with Crippen molar-refractivity contribution in [3.05, 3.63) is 23.2 Å². The second kappa shape index (κ2) is 7.97. The highest BCUT2D eigenvalue weighted by Crippen LogP contribution is 2.29. The SMILES string of the molecule is COc1cc(NC2CCCC(NC(=O)OC(C)(C)C)C2)ccc1Cl. The van der Waals surface area contributed by atoms with Crippen molar-refractivity contribution in [1.29, 1.82) is 0 Å². The number of hydrogen-bond donors (Lipinski definition) is 2. The van der Waals surface area contributed by atoms with E-state index in [2.05, 4.69) is 10.6 Å². The Morgan fingerprint density at radius 3 is 2.62 bits per heavy atom. The number of ether oxygens (including phenoxy) is 2. The van der Waals surface area contributed by atoms with E-state index in [0.717, 1.165) is 31.4 Å². The van der Waals surface area contributed by atoms with E-state index in [1.807, 2.05) is 39.0 Å². The number of hydrogen-bond acceptors (Lipinski definition) is 4. The van der Waals surface area contributed by atoms with Gasteiger partial charge in [0.2, 0.25) is 0 Å². The molecule has 24 heavy (non-hydrogen) atoms. The summed E-state index contributed by atoms with van der Waals surface area (Å²) in [5.74, 6) is 0.654. The minimum Gasteiger partial charge on any atom is -0.495 e. The Hall–Kier alpha value is -1.62. The number of carbonyl (C=O) groups excluding carboxylic acids is 1. The highest BCUT2D eigenvalue weighted by atomic mass is 35.5. The maximum atomic E-state index is 11.9. The average molecular weight is 355 g/mol. The number of carbonyl (C=O) groups is 1. The standard InChI is InChI=1S/C18H27ClN2O3/c1-18(2,3)24-17(22)21-13-7-5-6-12(10-13)20-14-8-9-15(19)16(11-14)23-4/h8-9,11-13,20H,5-7,10H2,1-4H3,(H,21,22). The maximum absolute atomic E-state index is 11.9. The molecule has 1 aromatic carbocycles. The molecule has 2 unspecified atom stereocenters. The van der Waals surface area contributed by atoms with Crippen LogP contribution in [0.15, 0.2) is 18.2 Å². The van der Waals surface area contributed by atoms with Crippen LogP contribution in [-0.4, -0.2) is 30.9 Å². The van der Waals surface area contributed by atoms with E-state index in [1.165, 1.54) is 0 Å². The van der Waals surface area contributed by atoms with E-state index in [0.29, 0.717) is 16.8 Å². The molecule has 1 aromatic rings. The second-order valence-corrected chi connectivity index (χ2v) is 7.61. The molecule has 0 heterocycles. The van der Waals surface area contributed by atoms with Crippen molar-refractivity contribution >= 4 is 23.4 Å². The predicted molar refractivity (Wildman–Crippen MR) is 97.0 cm³/mol. The molecule has 0 radical (unpaired) electrons. The van der Waals surface area contributed by atoms with Gasteiger partial charge < -0.3 is 20.1 Å². The van der Waals surface area contributed by atoms with E-state index in [9.17, 15) is 4.79 Å². The molecular weight excluding hydrogens is 328 g/mol. The summed E-state index contributed by atoms with van der Waals surface area (Å²) in [5.41, 5.74) is 0.496. The summed E-state index contributed by atoms with van der Waals surface area (Å²) in [6, 6.07) is 6.08. The Labute approximate surface area is 149 Å². The van der Waals surface area contributed by atoms with Crippen molar-refractivity contribution in [3.63, 3.8) is 0 Å². The Morgan fingerprint density at radius 2 is 1.96 bits per heavy atom. The zero-order chi connectivity index (χ0) is 17.7. The topological polar surface area (TPSA) is 59.6 Å². The molecule has 0 aromatic heterocycles. The molecule has 0 bridgehead atoms. The zero-order valence-electron chi connectivity index (χ0n) is 14.8. The molecule has 1 aliphatic rings. The summed E-state index contributed by atoms with van der Waals surface area (Å²) in [4.78, 5) is 11.9. The van der Waals surface area contributed by atoms with Crippen molar-refractivity contribution in [3.8, 4) is 5.75 Å². The molecule has 0 aliphatic heterocycles. The lowest BCUT2D eigenvalue weighted by Gasteiger charge is -2.31. The summed E-state index contributed by atoms with van der Waals surface area (Å²) in [6.45, 7) is 5.60. The van der Waals surface area contributed by atoms with Gasteiger partial charge in [-0.25, -0.2) is 4.79 Å². The zero-order valence-corrected chi connectivity index (χ0v) is 15.6. The van der Waals surface area contributed by atoms with Crippen LogP contribution in [0, 0.1) is 0 Å². The molecule has 1 saturated carbocycles. The molecule has 6 heteroatoms. The summed E-state index contributed by atoms with van der Waals surface area (Å²) < 4.78 is 10.6. The number of benzene rings is 1. The lowest BCUT2D eigenvalue weighted by Crippen LogP contribution is -2.43. The van der Waals surface area contributed by atoms with Crippen LogP contribution in [0.1, 0.15) is 46.5 Å². The number of amides is 1. The highest BCUT2D eigenvalue weighted by molar-refractivity contribution is 6.32. The van der Waals surface area contributed by atoms with Crippen LogP contribution in [0.4, 0.5) is 10.5 Å². The summed E-state index contributed by atoms with van der Waals surface area (Å²) in [7, 11) is 1.60. The van der Waals surface area contributed by atoms with Crippen molar-refractivity contribution in [1.82, 2.24) is 5.32 Å². The van der Waals surface area contributed by atoms with Crippen molar-refractivity contribution in [2.24, 2.45) is 0 Å². The van der Waals surface area contributed by atoms with Gasteiger partial charge in [-0.2, -0.15) is 0 Å². The highest BCUT2D eigenvalue weighted by Gasteiger charge is 2.25. The quantitative estimate of drug-likeness (QED) is 0.829. The Kier molecular flexibility index (Phi) is 6.21. The van der Waals surface area contributed by atoms with E-state index in [-0.39, 0.29) is 12.1 Å². The Bertz CT molecular complexity index is 572. The second-order valence-electron chi connectivity index (χ2n) is 7.20. The molecule has 2 rings (SSSR count). The van der Waals surface area contributed by atoms with Crippen molar-refractivity contribution in [2.45, 2.75) is 64.1 Å². The van der Waals surface area contributed by atoms with Crippen LogP contribution < -0.4 is 15.4 Å². The monoisotopic (exact) mass is 354 g/mol. The number of halogens is 1. The minimum absolute atomic E-state index is 0.125. The lowest BCUT2D eigenvalue weighted by atomic mass is 9.91. The van der Waals surface area contributed by atoms with Crippen LogP contribution in [-0.2, 0) is 4.74 Å². The lowest BCUT2D eigenvalue weighted by molar-refractivity contribution is 0.0492. The van der Waals surface area contributed by atoms with Crippen LogP contribution in [0.2, 0.25) is 5.02 Å². The van der Waals surface area contributed by atoms with E-state index < -0.39 is 5.60 Å². The number of anilines is 1. The first-order chi connectivity index (χ1) is 11.3. The van der Waals surface area contributed by atoms with Gasteiger partial charge in [-0.1, -0.05) is 11.6 Å². The third kappa shape index (κ3) is 5.78. The minimum atomic E-state index is -0.476. The summed E-state index contributed by atoms with van der Waals surface area (Å²) in [6.07, 6.45) is 3.62. The van der Waals surface area contributed by atoms with Crippen LogP contribution in [0.5, 0.6) is 5.75 Å². The number of methoxy groups -OCH3 is 1. The maximum Gasteiger partial charge on any atom is 0.407 e. The van der Waals surface area contributed by atoms with E-state index in [1.54, 1.807) is 7.11 Å². The fraction of sp³-hybridized carbons (Fsp3) is 0.611. The van der Waals surface area contributed by atoms with Crippen molar-refractivity contribution < 1.29 is 14.3 Å². The van der Waals surface area contributed by atoms with Gasteiger partial charge in [0.05, 0.1) is 12.1 Å². The Balaban J connectivity index is 1.90. The van der Waals surface area contributed by atoms with Crippen LogP contribution >= 0.6 is 11.6 Å². The van der Waals surface area contributed by atoms with Crippen molar-refractivity contribution in [2.75, 3.05) is 12.4 Å².